The quantitative estimate of drug-likeness (QED) is 0.438. The van der Waals surface area contributed by atoms with Crippen LogP contribution in [-0.4, -0.2) is 43.1 Å². The summed E-state index contributed by atoms with van der Waals surface area (Å²) in [5.74, 6) is 0.877. The molecule has 1 N–H and O–H groups in total. The molecule has 184 valence electrons. The van der Waals surface area contributed by atoms with Gasteiger partial charge in [-0.3, -0.25) is 4.79 Å². The van der Waals surface area contributed by atoms with E-state index in [1.54, 1.807) is 11.8 Å². The molecule has 0 bridgehead atoms. The number of nitrogens with one attached hydrogen (secondary N) is 1. The summed E-state index contributed by atoms with van der Waals surface area (Å²) in [6.07, 6.45) is 12.2. The molecule has 0 atom stereocenters. The van der Waals surface area contributed by atoms with E-state index in [0.717, 1.165) is 29.9 Å². The molecule has 1 saturated heterocycles. The van der Waals surface area contributed by atoms with Crippen LogP contribution in [0.1, 0.15) is 74.8 Å². The molecule has 1 aliphatic carbocycles. The van der Waals surface area contributed by atoms with E-state index < -0.39 is 0 Å². The minimum Gasteiger partial charge on any atom is -1.00 e. The van der Waals surface area contributed by atoms with Crippen LogP contribution in [0.25, 0.3) is 0 Å². The lowest BCUT2D eigenvalue weighted by Gasteiger charge is -2.43. The number of hydrogen-bond acceptors (Lipinski definition) is 2. The van der Waals surface area contributed by atoms with Crippen molar-refractivity contribution in [2.45, 2.75) is 79.5 Å². The molecule has 0 unspecified atom stereocenters. The zero-order valence-corrected chi connectivity index (χ0v) is 23.5. The highest BCUT2D eigenvalue weighted by Crippen LogP contribution is 2.45. The third kappa shape index (κ3) is 6.01. The predicted octanol–water partition coefficient (Wildman–Crippen LogP) is 3.37. The molecule has 3 aliphatic rings. The van der Waals surface area contributed by atoms with Gasteiger partial charge in [0.1, 0.15) is 0 Å². The lowest BCUT2D eigenvalue weighted by molar-refractivity contribution is -0.917. The molecule has 1 amide bonds. The number of likely N-dealkylation sites (tertiary alicyclic amines) is 1. The van der Waals surface area contributed by atoms with Crippen LogP contribution >= 0.6 is 11.8 Å². The molecule has 5 heteroatoms. The minimum atomic E-state index is -0.198. The Balaban J connectivity index is 0.00000274. The van der Waals surface area contributed by atoms with Gasteiger partial charge in [0, 0.05) is 34.6 Å². The zero-order chi connectivity index (χ0) is 22.7. The summed E-state index contributed by atoms with van der Waals surface area (Å²) in [5, 5.41) is 3.47. The van der Waals surface area contributed by atoms with E-state index in [1.165, 1.54) is 78.9 Å². The Morgan fingerprint density at radius 1 is 0.853 bits per heavy atom. The lowest BCUT2D eigenvalue weighted by Crippen LogP contribution is -3.00. The first kappa shape index (κ1) is 26.0. The van der Waals surface area contributed by atoms with E-state index in [9.17, 15) is 4.79 Å². The van der Waals surface area contributed by atoms with Crippen LogP contribution in [0.3, 0.4) is 0 Å². The number of piperidine rings is 1. The van der Waals surface area contributed by atoms with Crippen molar-refractivity contribution in [3.05, 3.63) is 59.7 Å². The number of carbonyl (C=O) groups excluding carboxylic acids is 1. The number of halogens is 1. The highest BCUT2D eigenvalue weighted by molar-refractivity contribution is 7.99. The van der Waals surface area contributed by atoms with Gasteiger partial charge in [-0.05, 0) is 36.1 Å². The summed E-state index contributed by atoms with van der Waals surface area (Å²) in [7, 11) is 2.46. The van der Waals surface area contributed by atoms with Crippen LogP contribution in [0.2, 0.25) is 0 Å². The molecule has 2 aromatic rings. The van der Waals surface area contributed by atoms with Crippen molar-refractivity contribution in [2.24, 2.45) is 5.92 Å². The summed E-state index contributed by atoms with van der Waals surface area (Å²) >= 11 is 1.79. The topological polar surface area (TPSA) is 29.1 Å². The predicted molar refractivity (Wildman–Crippen MR) is 137 cm³/mol. The number of quaternary nitrogens is 1. The van der Waals surface area contributed by atoms with E-state index >= 15 is 0 Å². The molecule has 3 nitrogen and oxygen atoms in total. The van der Waals surface area contributed by atoms with Crippen LogP contribution in [0, 0.1) is 5.92 Å². The number of benzene rings is 2. The monoisotopic (exact) mass is 590 g/mol. The van der Waals surface area contributed by atoms with E-state index in [4.69, 9.17) is 0 Å². The Morgan fingerprint density at radius 3 is 1.97 bits per heavy atom. The molecule has 0 radical (unpaired) electrons. The minimum absolute atomic E-state index is 0. The highest BCUT2D eigenvalue weighted by atomic mass is 127. The summed E-state index contributed by atoms with van der Waals surface area (Å²) < 4.78 is 1.20. The van der Waals surface area contributed by atoms with Gasteiger partial charge in [-0.25, -0.2) is 0 Å². The van der Waals surface area contributed by atoms with Crippen molar-refractivity contribution in [1.29, 1.82) is 0 Å². The normalized spacial score (nSPS) is 25.7. The summed E-state index contributed by atoms with van der Waals surface area (Å²) in [4.78, 5) is 16.0. The fourth-order valence-electron chi connectivity index (χ4n) is 6.34. The Hall–Kier alpha value is -1.05. The van der Waals surface area contributed by atoms with Gasteiger partial charge in [0.25, 0.3) is 0 Å². The maximum absolute atomic E-state index is 13.6. The number of rotatable bonds is 4. The van der Waals surface area contributed by atoms with Gasteiger partial charge >= 0.3 is 0 Å². The molecule has 2 aliphatic heterocycles. The van der Waals surface area contributed by atoms with Crippen molar-refractivity contribution in [1.82, 2.24) is 5.32 Å². The maximum atomic E-state index is 13.6. The van der Waals surface area contributed by atoms with E-state index in [2.05, 4.69) is 60.9 Å². The van der Waals surface area contributed by atoms with Gasteiger partial charge in [-0.1, -0.05) is 80.3 Å². The largest absolute Gasteiger partial charge is 1.00 e. The van der Waals surface area contributed by atoms with Gasteiger partial charge in [0.2, 0.25) is 5.91 Å². The summed E-state index contributed by atoms with van der Waals surface area (Å²) in [6, 6.07) is 17.1. The summed E-state index contributed by atoms with van der Waals surface area (Å²) in [5.41, 5.74) is 2.30. The number of hydrogen-bond donors (Lipinski definition) is 1. The summed E-state index contributed by atoms with van der Waals surface area (Å²) in [6.45, 7) is 3.71. The molecular formula is C29H39IN2OS. The van der Waals surface area contributed by atoms with Gasteiger partial charge in [0.15, 0.2) is 0 Å². The van der Waals surface area contributed by atoms with Gasteiger partial charge in [-0.2, -0.15) is 0 Å². The van der Waals surface area contributed by atoms with Gasteiger partial charge in [0.05, 0.1) is 32.6 Å². The first-order valence-electron chi connectivity index (χ1n) is 13.1. The third-order valence-electron chi connectivity index (χ3n) is 8.25. The second-order valence-corrected chi connectivity index (χ2v) is 11.9. The van der Waals surface area contributed by atoms with Crippen molar-refractivity contribution in [2.75, 3.05) is 26.7 Å². The van der Waals surface area contributed by atoms with Crippen molar-refractivity contribution >= 4 is 17.7 Å². The van der Waals surface area contributed by atoms with E-state index in [0.29, 0.717) is 6.04 Å². The molecule has 0 aromatic heterocycles. The average molecular weight is 591 g/mol. The Labute approximate surface area is 227 Å². The fraction of sp³-hybridized carbons (Fsp3) is 0.552. The second-order valence-electron chi connectivity index (χ2n) is 10.9. The van der Waals surface area contributed by atoms with Crippen LogP contribution in [0.15, 0.2) is 58.3 Å². The molecule has 2 heterocycles. The van der Waals surface area contributed by atoms with Gasteiger partial charge < -0.3 is 33.8 Å². The van der Waals surface area contributed by atoms with Crippen LogP contribution < -0.4 is 29.3 Å². The SMILES string of the molecule is C[N+]1(CC2CCCCCCC2)CCC(NC(=O)C2c3ccccc3Sc3ccccc32)CC1.[I-]. The Morgan fingerprint density at radius 2 is 1.38 bits per heavy atom. The Bertz CT molecular complexity index is 919. The Kier molecular flexibility index (Phi) is 9.02. The second kappa shape index (κ2) is 11.8. The lowest BCUT2D eigenvalue weighted by atomic mass is 9.88. The standard InChI is InChI=1S/C29H38N2OS.HI/c1-31(21-22-11-5-3-2-4-6-12-22)19-17-23(18-20-31)30-29(32)28-24-13-7-9-15-26(24)33-27-16-10-8-14-25(27)28;/h7-10,13-16,22-23,28H,2-6,11-12,17-21H2,1H3;1H. The molecule has 0 spiro atoms. The molecular weight excluding hydrogens is 551 g/mol. The number of nitrogens with zero attached hydrogens (tertiary/aromatic N) is 1. The van der Waals surface area contributed by atoms with Crippen molar-refractivity contribution in [3.63, 3.8) is 0 Å². The smallest absolute Gasteiger partial charge is 0.232 e. The molecule has 5 rings (SSSR count). The first-order chi connectivity index (χ1) is 16.1. The first-order valence-corrected chi connectivity index (χ1v) is 13.9. The third-order valence-corrected chi connectivity index (χ3v) is 9.43. The van der Waals surface area contributed by atoms with Crippen LogP contribution in [0.4, 0.5) is 0 Å². The van der Waals surface area contributed by atoms with E-state index in [1.807, 2.05) is 0 Å². The molecule has 2 aromatic carbocycles. The number of amides is 1. The molecule has 34 heavy (non-hydrogen) atoms. The van der Waals surface area contributed by atoms with Crippen molar-refractivity contribution < 1.29 is 33.3 Å². The van der Waals surface area contributed by atoms with Crippen LogP contribution in [0.5, 0.6) is 0 Å². The fourth-order valence-corrected chi connectivity index (χ4v) is 7.48. The average Bonchev–Trinajstić information content (AvgIpc) is 2.81. The van der Waals surface area contributed by atoms with Crippen molar-refractivity contribution in [3.8, 4) is 0 Å². The van der Waals surface area contributed by atoms with Crippen LogP contribution in [-0.2, 0) is 4.79 Å². The van der Waals surface area contributed by atoms with Gasteiger partial charge in [-0.15, -0.1) is 0 Å². The van der Waals surface area contributed by atoms with E-state index in [-0.39, 0.29) is 35.8 Å². The highest BCUT2D eigenvalue weighted by Gasteiger charge is 2.36. The number of carbonyl (C=O) groups is 1. The maximum Gasteiger partial charge on any atom is 0.232 e. The zero-order valence-electron chi connectivity index (χ0n) is 20.5. The molecule has 1 saturated carbocycles. The number of fused-ring (bicyclic) bond motifs is 2. The molecule has 2 fully saturated rings.